The van der Waals surface area contributed by atoms with Crippen molar-refractivity contribution in [1.29, 1.82) is 0 Å². The van der Waals surface area contributed by atoms with Crippen LogP contribution in [0.1, 0.15) is 23.2 Å². The molecule has 1 saturated heterocycles. The fourth-order valence-corrected chi connectivity index (χ4v) is 2.69. The number of rotatable bonds is 3. The maximum absolute atomic E-state index is 12.2. The number of halogens is 1. The summed E-state index contributed by atoms with van der Waals surface area (Å²) in [5.74, 6) is -0.118. The maximum Gasteiger partial charge on any atom is 0.255 e. The molecule has 0 radical (unpaired) electrons. The third kappa shape index (κ3) is 3.42. The summed E-state index contributed by atoms with van der Waals surface area (Å²) in [4.78, 5) is 18.6. The van der Waals surface area contributed by atoms with Crippen LogP contribution in [0.4, 0.5) is 11.4 Å². The maximum atomic E-state index is 12.2. The summed E-state index contributed by atoms with van der Waals surface area (Å²) in [6.45, 7) is 2.21. The van der Waals surface area contributed by atoms with Gasteiger partial charge in [-0.1, -0.05) is 0 Å². The van der Waals surface area contributed by atoms with Crippen LogP contribution < -0.4 is 10.2 Å². The lowest BCUT2D eigenvalue weighted by Crippen LogP contribution is -2.18. The number of nitrogens with one attached hydrogen (secondary N) is 1. The van der Waals surface area contributed by atoms with Gasteiger partial charge in [0, 0.05) is 24.3 Å². The van der Waals surface area contributed by atoms with Gasteiger partial charge in [0.15, 0.2) is 0 Å². The Bertz CT molecular complexity index is 619. The number of anilines is 2. The van der Waals surface area contributed by atoms with Gasteiger partial charge in [-0.3, -0.25) is 4.79 Å². The van der Waals surface area contributed by atoms with Crippen LogP contribution in [-0.4, -0.2) is 24.0 Å². The molecule has 1 N–H and O–H groups in total. The lowest BCUT2D eigenvalue weighted by Gasteiger charge is -2.17. The van der Waals surface area contributed by atoms with Gasteiger partial charge < -0.3 is 10.2 Å². The van der Waals surface area contributed by atoms with Crippen LogP contribution in [0.5, 0.6) is 0 Å². The fourth-order valence-electron chi connectivity index (χ4n) is 2.45. The van der Waals surface area contributed by atoms with Gasteiger partial charge >= 0.3 is 0 Å². The van der Waals surface area contributed by atoms with Crippen molar-refractivity contribution >= 4 is 33.2 Å². The molecule has 108 valence electrons. The highest BCUT2D eigenvalue weighted by Crippen LogP contribution is 2.21. The third-order valence-electron chi connectivity index (χ3n) is 3.59. The minimum Gasteiger partial charge on any atom is -0.372 e. The Morgan fingerprint density at radius 1 is 1.10 bits per heavy atom. The Balaban J connectivity index is 1.68. The van der Waals surface area contributed by atoms with Crippen molar-refractivity contribution in [3.63, 3.8) is 0 Å². The van der Waals surface area contributed by atoms with Gasteiger partial charge in [-0.25, -0.2) is 4.98 Å². The molecule has 0 saturated carbocycles. The number of nitrogens with zero attached hydrogens (tertiary/aromatic N) is 2. The van der Waals surface area contributed by atoms with E-state index in [0.29, 0.717) is 11.3 Å². The zero-order chi connectivity index (χ0) is 14.7. The molecule has 0 spiro atoms. The Hall–Kier alpha value is -1.88. The SMILES string of the molecule is O=C(Nc1ccc(Br)nc1)c1ccc(N2CCCC2)cc1. The summed E-state index contributed by atoms with van der Waals surface area (Å²) in [6, 6.07) is 11.4. The van der Waals surface area contributed by atoms with E-state index in [2.05, 4.69) is 31.1 Å². The monoisotopic (exact) mass is 345 g/mol. The molecule has 1 aliphatic rings. The van der Waals surface area contributed by atoms with Gasteiger partial charge in [0.25, 0.3) is 5.91 Å². The highest BCUT2D eigenvalue weighted by Gasteiger charge is 2.13. The average Bonchev–Trinajstić information content (AvgIpc) is 3.04. The first-order chi connectivity index (χ1) is 10.2. The van der Waals surface area contributed by atoms with E-state index in [1.165, 1.54) is 18.5 Å². The van der Waals surface area contributed by atoms with Crippen molar-refractivity contribution in [1.82, 2.24) is 4.98 Å². The predicted octanol–water partition coefficient (Wildman–Crippen LogP) is 3.70. The molecule has 5 heteroatoms. The molecule has 2 heterocycles. The topological polar surface area (TPSA) is 45.2 Å². The molecule has 4 nitrogen and oxygen atoms in total. The number of aromatic nitrogens is 1. The Kier molecular flexibility index (Phi) is 4.20. The number of hydrogen-bond donors (Lipinski definition) is 1. The van der Waals surface area contributed by atoms with Gasteiger partial charge in [0.05, 0.1) is 11.9 Å². The number of carbonyl (C=O) groups excluding carboxylic acids is 1. The second kappa shape index (κ2) is 6.26. The van der Waals surface area contributed by atoms with E-state index in [0.717, 1.165) is 17.7 Å². The summed E-state index contributed by atoms with van der Waals surface area (Å²) >= 11 is 3.27. The lowest BCUT2D eigenvalue weighted by atomic mass is 10.2. The second-order valence-corrected chi connectivity index (χ2v) is 5.88. The predicted molar refractivity (Wildman–Crippen MR) is 87.8 cm³/mol. The first-order valence-electron chi connectivity index (χ1n) is 7.00. The minimum absolute atomic E-state index is 0.118. The van der Waals surface area contributed by atoms with E-state index in [1.807, 2.05) is 30.3 Å². The van der Waals surface area contributed by atoms with Gasteiger partial charge in [-0.2, -0.15) is 0 Å². The molecule has 1 fully saturated rings. The molecular weight excluding hydrogens is 330 g/mol. The summed E-state index contributed by atoms with van der Waals surface area (Å²) in [7, 11) is 0. The van der Waals surface area contributed by atoms with Crippen LogP contribution in [0.2, 0.25) is 0 Å². The average molecular weight is 346 g/mol. The number of amides is 1. The molecule has 1 amide bonds. The van der Waals surface area contributed by atoms with Crippen LogP contribution in [0.25, 0.3) is 0 Å². The summed E-state index contributed by atoms with van der Waals surface area (Å²) in [6.07, 6.45) is 4.12. The summed E-state index contributed by atoms with van der Waals surface area (Å²) < 4.78 is 0.746. The van der Waals surface area contributed by atoms with Crippen LogP contribution in [0, 0.1) is 0 Å². The molecule has 1 aromatic carbocycles. The van der Waals surface area contributed by atoms with E-state index >= 15 is 0 Å². The molecule has 3 rings (SSSR count). The Labute approximate surface area is 132 Å². The zero-order valence-electron chi connectivity index (χ0n) is 11.6. The largest absolute Gasteiger partial charge is 0.372 e. The zero-order valence-corrected chi connectivity index (χ0v) is 13.1. The van der Waals surface area contributed by atoms with E-state index in [4.69, 9.17) is 0 Å². The van der Waals surface area contributed by atoms with Gasteiger partial charge in [0.1, 0.15) is 4.60 Å². The number of carbonyl (C=O) groups is 1. The van der Waals surface area contributed by atoms with E-state index in [9.17, 15) is 4.79 Å². The van der Waals surface area contributed by atoms with Crippen LogP contribution in [0.15, 0.2) is 47.2 Å². The molecular formula is C16H16BrN3O. The van der Waals surface area contributed by atoms with Crippen molar-refractivity contribution in [3.8, 4) is 0 Å². The number of benzene rings is 1. The molecule has 0 atom stereocenters. The standard InChI is InChI=1S/C16H16BrN3O/c17-15-8-5-13(11-18-15)19-16(21)12-3-6-14(7-4-12)20-9-1-2-10-20/h3-8,11H,1-2,9-10H2,(H,19,21). The molecule has 2 aromatic rings. The molecule has 1 aliphatic heterocycles. The highest BCUT2D eigenvalue weighted by molar-refractivity contribution is 9.10. The van der Waals surface area contributed by atoms with Crippen LogP contribution in [0.3, 0.4) is 0 Å². The Morgan fingerprint density at radius 3 is 2.43 bits per heavy atom. The van der Waals surface area contributed by atoms with Crippen molar-refractivity contribution in [2.24, 2.45) is 0 Å². The number of hydrogen-bond acceptors (Lipinski definition) is 3. The van der Waals surface area contributed by atoms with Crippen molar-refractivity contribution in [2.45, 2.75) is 12.8 Å². The van der Waals surface area contributed by atoms with E-state index in [-0.39, 0.29) is 5.91 Å². The second-order valence-electron chi connectivity index (χ2n) is 5.06. The highest BCUT2D eigenvalue weighted by atomic mass is 79.9. The van der Waals surface area contributed by atoms with Crippen LogP contribution >= 0.6 is 15.9 Å². The third-order valence-corrected chi connectivity index (χ3v) is 4.06. The normalized spacial score (nSPS) is 14.2. The minimum atomic E-state index is -0.118. The van der Waals surface area contributed by atoms with Crippen LogP contribution in [-0.2, 0) is 0 Å². The molecule has 1 aromatic heterocycles. The summed E-state index contributed by atoms with van der Waals surface area (Å²) in [5.41, 5.74) is 2.53. The van der Waals surface area contributed by atoms with E-state index in [1.54, 1.807) is 12.3 Å². The first-order valence-corrected chi connectivity index (χ1v) is 7.79. The Morgan fingerprint density at radius 2 is 1.81 bits per heavy atom. The van der Waals surface area contributed by atoms with Crippen molar-refractivity contribution in [2.75, 3.05) is 23.3 Å². The van der Waals surface area contributed by atoms with Gasteiger partial charge in [-0.15, -0.1) is 0 Å². The molecule has 0 unspecified atom stereocenters. The van der Waals surface area contributed by atoms with Crippen molar-refractivity contribution in [3.05, 3.63) is 52.8 Å². The fraction of sp³-hybridized carbons (Fsp3) is 0.250. The van der Waals surface area contributed by atoms with Crippen molar-refractivity contribution < 1.29 is 4.79 Å². The quantitative estimate of drug-likeness (QED) is 0.862. The summed E-state index contributed by atoms with van der Waals surface area (Å²) in [5, 5.41) is 2.84. The molecule has 0 aliphatic carbocycles. The smallest absolute Gasteiger partial charge is 0.255 e. The first kappa shape index (κ1) is 14.1. The number of pyridine rings is 1. The van der Waals surface area contributed by atoms with Gasteiger partial charge in [0.2, 0.25) is 0 Å². The molecule has 0 bridgehead atoms. The van der Waals surface area contributed by atoms with Gasteiger partial charge in [-0.05, 0) is 65.2 Å². The lowest BCUT2D eigenvalue weighted by molar-refractivity contribution is 0.102. The molecule has 21 heavy (non-hydrogen) atoms. The van der Waals surface area contributed by atoms with E-state index < -0.39 is 0 Å².